The lowest BCUT2D eigenvalue weighted by Crippen LogP contribution is -2.44. The van der Waals surface area contributed by atoms with E-state index in [1.807, 2.05) is 12.3 Å². The smallest absolute Gasteiger partial charge is 0.250 e. The molecule has 4 heteroatoms. The second-order valence-electron chi connectivity index (χ2n) is 12.7. The Kier molecular flexibility index (Phi) is 7.46. The maximum Gasteiger partial charge on any atom is 0.250 e. The summed E-state index contributed by atoms with van der Waals surface area (Å²) in [7, 11) is -3.18. The predicted molar refractivity (Wildman–Crippen MR) is 144 cm³/mol. The van der Waals surface area contributed by atoms with Crippen molar-refractivity contribution in [1.82, 2.24) is 4.98 Å². The Hall–Kier alpha value is -1.40. The lowest BCUT2D eigenvalue weighted by atomic mass is 9.99. The molecule has 2 aromatic rings. The molecule has 0 saturated carbocycles. The van der Waals surface area contributed by atoms with E-state index in [-0.39, 0.29) is 5.04 Å². The molecule has 0 bridgehead atoms. The summed E-state index contributed by atoms with van der Waals surface area (Å²) in [6.07, 6.45) is 5.87. The van der Waals surface area contributed by atoms with Crippen LogP contribution in [0, 0.1) is 5.92 Å². The number of aryl methyl sites for hydroxylation is 1. The van der Waals surface area contributed by atoms with E-state index in [1.165, 1.54) is 48.7 Å². The zero-order chi connectivity index (χ0) is 23.6. The van der Waals surface area contributed by atoms with Crippen LogP contribution in [0.2, 0.25) is 35.3 Å². The standard InChI is InChI=1S/C28H45NOSi2/c1-27(2,3)31(7,8)30-26-16-14-23(15-17-26)12-13-24-18-20-32(21-24,28(4,5)6)22-25-11-9-10-19-29-25/h9-11,14-17,19,24H,12-13,18,20-22H2,1-8H3. The third kappa shape index (κ3) is 5.93. The molecule has 0 radical (unpaired) electrons. The van der Waals surface area contributed by atoms with Gasteiger partial charge in [-0.25, -0.2) is 0 Å². The number of pyridine rings is 1. The summed E-state index contributed by atoms with van der Waals surface area (Å²) >= 11 is 0. The fraction of sp³-hybridized carbons (Fsp3) is 0.607. The number of nitrogens with zero attached hydrogens (tertiary/aromatic N) is 1. The number of hydrogen-bond donors (Lipinski definition) is 0. The highest BCUT2D eigenvalue weighted by molar-refractivity contribution is 6.82. The molecule has 2 nitrogen and oxygen atoms in total. The summed E-state index contributed by atoms with van der Waals surface area (Å²) in [5.74, 6) is 1.91. The van der Waals surface area contributed by atoms with Crippen LogP contribution in [0.1, 0.15) is 65.6 Å². The lowest BCUT2D eigenvalue weighted by Gasteiger charge is -2.40. The van der Waals surface area contributed by atoms with Gasteiger partial charge in [0.05, 0.1) is 8.07 Å². The molecule has 2 heterocycles. The van der Waals surface area contributed by atoms with Crippen molar-refractivity contribution in [3.05, 3.63) is 59.9 Å². The highest BCUT2D eigenvalue weighted by Crippen LogP contribution is 2.52. The number of rotatable bonds is 7. The van der Waals surface area contributed by atoms with E-state index in [2.05, 4.69) is 91.0 Å². The molecule has 2 atom stereocenters. The van der Waals surface area contributed by atoms with Crippen LogP contribution in [0.4, 0.5) is 0 Å². The topological polar surface area (TPSA) is 22.1 Å². The number of benzene rings is 1. The molecular weight excluding hydrogens is 422 g/mol. The second kappa shape index (κ2) is 9.46. The van der Waals surface area contributed by atoms with Gasteiger partial charge in [0.15, 0.2) is 0 Å². The molecule has 1 saturated heterocycles. The van der Waals surface area contributed by atoms with Crippen LogP contribution in [0.25, 0.3) is 0 Å². The van der Waals surface area contributed by atoms with Crippen LogP contribution in [0.5, 0.6) is 5.75 Å². The molecule has 0 aliphatic carbocycles. The molecule has 0 spiro atoms. The third-order valence-corrected chi connectivity index (χ3v) is 19.7. The molecule has 0 amide bonds. The van der Waals surface area contributed by atoms with Crippen LogP contribution in [0.3, 0.4) is 0 Å². The van der Waals surface area contributed by atoms with E-state index in [1.54, 1.807) is 0 Å². The van der Waals surface area contributed by atoms with Crippen LogP contribution in [-0.2, 0) is 12.5 Å². The van der Waals surface area contributed by atoms with Gasteiger partial charge < -0.3 is 4.43 Å². The van der Waals surface area contributed by atoms with Gasteiger partial charge in [-0.15, -0.1) is 0 Å². The van der Waals surface area contributed by atoms with E-state index >= 15 is 0 Å². The van der Waals surface area contributed by atoms with Crippen molar-refractivity contribution in [2.24, 2.45) is 5.92 Å². The minimum atomic E-state index is -1.77. The van der Waals surface area contributed by atoms with Gasteiger partial charge in [-0.3, -0.25) is 4.98 Å². The van der Waals surface area contributed by atoms with E-state index in [9.17, 15) is 0 Å². The first kappa shape index (κ1) is 25.2. The second-order valence-corrected chi connectivity index (χ2v) is 22.7. The molecule has 1 aliphatic heterocycles. The quantitative estimate of drug-likeness (QED) is 0.381. The number of hydrogen-bond acceptors (Lipinski definition) is 2. The first-order chi connectivity index (χ1) is 14.8. The minimum Gasteiger partial charge on any atom is -0.544 e. The summed E-state index contributed by atoms with van der Waals surface area (Å²) in [6, 6.07) is 19.6. The van der Waals surface area contributed by atoms with Gasteiger partial charge in [0, 0.05) is 11.9 Å². The molecule has 2 unspecified atom stereocenters. The van der Waals surface area contributed by atoms with Gasteiger partial charge in [0.2, 0.25) is 8.32 Å². The first-order valence-electron chi connectivity index (χ1n) is 12.5. The van der Waals surface area contributed by atoms with Gasteiger partial charge in [0.1, 0.15) is 5.75 Å². The average Bonchev–Trinajstić information content (AvgIpc) is 3.11. The summed E-state index contributed by atoms with van der Waals surface area (Å²) in [5.41, 5.74) is 2.76. The van der Waals surface area contributed by atoms with Crippen molar-refractivity contribution in [2.45, 2.75) is 102 Å². The van der Waals surface area contributed by atoms with E-state index in [0.717, 1.165) is 11.7 Å². The van der Waals surface area contributed by atoms with Crippen molar-refractivity contribution in [2.75, 3.05) is 0 Å². The van der Waals surface area contributed by atoms with Crippen molar-refractivity contribution in [3.63, 3.8) is 0 Å². The van der Waals surface area contributed by atoms with Crippen molar-refractivity contribution in [3.8, 4) is 5.75 Å². The van der Waals surface area contributed by atoms with Crippen LogP contribution in [-0.4, -0.2) is 21.4 Å². The normalized spacial score (nSPS) is 22.2. The first-order valence-corrected chi connectivity index (χ1v) is 18.0. The minimum absolute atomic E-state index is 0.229. The molecule has 3 rings (SSSR count). The molecule has 1 aromatic carbocycles. The molecule has 1 fully saturated rings. The Labute approximate surface area is 199 Å². The van der Waals surface area contributed by atoms with Crippen molar-refractivity contribution >= 4 is 16.4 Å². The lowest BCUT2D eigenvalue weighted by molar-refractivity contribution is 0.491. The van der Waals surface area contributed by atoms with Gasteiger partial charge in [-0.05, 0) is 77.8 Å². The summed E-state index contributed by atoms with van der Waals surface area (Å²) < 4.78 is 6.46. The van der Waals surface area contributed by atoms with Crippen molar-refractivity contribution in [1.29, 1.82) is 0 Å². The third-order valence-electron chi connectivity index (χ3n) is 8.49. The Balaban J connectivity index is 1.59. The van der Waals surface area contributed by atoms with Gasteiger partial charge in [0.25, 0.3) is 0 Å². The Morgan fingerprint density at radius 2 is 1.69 bits per heavy atom. The van der Waals surface area contributed by atoms with Crippen LogP contribution < -0.4 is 4.43 Å². The zero-order valence-corrected chi connectivity index (χ0v) is 23.8. The van der Waals surface area contributed by atoms with Gasteiger partial charge in [-0.2, -0.15) is 0 Å². The summed E-state index contributed by atoms with van der Waals surface area (Å²) in [5, 5.41) is 0.662. The molecule has 1 aliphatic rings. The van der Waals surface area contributed by atoms with E-state index in [0.29, 0.717) is 5.04 Å². The van der Waals surface area contributed by atoms with Gasteiger partial charge >= 0.3 is 0 Å². The fourth-order valence-corrected chi connectivity index (χ4v) is 11.8. The molecular formula is C28H45NOSi2. The molecule has 32 heavy (non-hydrogen) atoms. The van der Waals surface area contributed by atoms with Crippen molar-refractivity contribution < 1.29 is 4.43 Å². The molecule has 1 aromatic heterocycles. The monoisotopic (exact) mass is 467 g/mol. The number of aromatic nitrogens is 1. The predicted octanol–water partition coefficient (Wildman–Crippen LogP) is 8.45. The van der Waals surface area contributed by atoms with Gasteiger partial charge in [-0.1, -0.05) is 78.3 Å². The van der Waals surface area contributed by atoms with E-state index in [4.69, 9.17) is 9.41 Å². The van der Waals surface area contributed by atoms with Crippen LogP contribution >= 0.6 is 0 Å². The Morgan fingerprint density at radius 3 is 2.25 bits per heavy atom. The Bertz CT molecular complexity index is 865. The highest BCUT2D eigenvalue weighted by Gasteiger charge is 2.49. The fourth-order valence-electron chi connectivity index (χ4n) is 4.98. The largest absolute Gasteiger partial charge is 0.544 e. The maximum atomic E-state index is 6.46. The average molecular weight is 468 g/mol. The molecule has 176 valence electrons. The van der Waals surface area contributed by atoms with Crippen LogP contribution in [0.15, 0.2) is 48.7 Å². The maximum absolute atomic E-state index is 6.46. The van der Waals surface area contributed by atoms with E-state index < -0.39 is 16.4 Å². The zero-order valence-electron chi connectivity index (χ0n) is 21.8. The summed E-state index contributed by atoms with van der Waals surface area (Å²) in [4.78, 5) is 4.69. The molecule has 0 N–H and O–H groups in total. The Morgan fingerprint density at radius 1 is 1.00 bits per heavy atom. The highest BCUT2D eigenvalue weighted by atomic mass is 28.4. The summed E-state index contributed by atoms with van der Waals surface area (Å²) in [6.45, 7) is 19.0. The SMILES string of the molecule is CC(C)(C)[Si]1(Cc2ccccn2)CCC(CCc2ccc(O[Si](C)(C)C(C)(C)C)cc2)C1.